The number of hydrogen-bond donors (Lipinski definition) is 3. The lowest BCUT2D eigenvalue weighted by Crippen LogP contribution is -2.34. The molecule has 2 aliphatic rings. The molecule has 172 valence electrons. The summed E-state index contributed by atoms with van der Waals surface area (Å²) < 4.78 is 0. The van der Waals surface area contributed by atoms with E-state index in [-0.39, 0.29) is 11.8 Å². The van der Waals surface area contributed by atoms with Crippen molar-refractivity contribution < 1.29 is 4.79 Å². The summed E-state index contributed by atoms with van der Waals surface area (Å²) in [4.78, 5) is 26.4. The first-order chi connectivity index (χ1) is 17.1. The Morgan fingerprint density at radius 2 is 1.97 bits per heavy atom. The minimum atomic E-state index is -0.398. The first-order valence-corrected chi connectivity index (χ1v) is 11.4. The Labute approximate surface area is 201 Å². The normalized spacial score (nSPS) is 17.4. The smallest absolute Gasteiger partial charge is 0.247 e. The molecule has 4 aromatic rings. The van der Waals surface area contributed by atoms with Gasteiger partial charge in [-0.25, -0.2) is 9.97 Å². The number of carbonyl (C=O) groups is 1. The van der Waals surface area contributed by atoms with Crippen LogP contribution in [0.3, 0.4) is 0 Å². The first kappa shape index (κ1) is 20.9. The summed E-state index contributed by atoms with van der Waals surface area (Å²) in [6.07, 6.45) is 6.71. The van der Waals surface area contributed by atoms with Gasteiger partial charge in [0.1, 0.15) is 11.9 Å². The van der Waals surface area contributed by atoms with Crippen LogP contribution in [0.15, 0.2) is 72.1 Å². The third kappa shape index (κ3) is 4.08. The third-order valence-electron chi connectivity index (χ3n) is 6.31. The predicted octanol–water partition coefficient (Wildman–Crippen LogP) is 4.15. The quantitative estimate of drug-likeness (QED) is 0.408. The summed E-state index contributed by atoms with van der Waals surface area (Å²) in [5, 5.41) is 17.1. The third-order valence-corrected chi connectivity index (χ3v) is 6.31. The van der Waals surface area contributed by atoms with Crippen molar-refractivity contribution >= 4 is 35.0 Å². The second-order valence-corrected chi connectivity index (χ2v) is 8.61. The molecular weight excluding hydrogens is 440 g/mol. The fourth-order valence-electron chi connectivity index (χ4n) is 4.45. The molecule has 35 heavy (non-hydrogen) atoms. The van der Waals surface area contributed by atoms with Gasteiger partial charge in [0.25, 0.3) is 0 Å². The Hall–Kier alpha value is -4.66. The highest BCUT2D eigenvalue weighted by molar-refractivity contribution is 5.98. The number of hydrogen-bond acceptors (Lipinski definition) is 8. The minimum Gasteiger partial charge on any atom is -0.373 e. The Bertz CT molecular complexity index is 1450. The molecule has 2 atom stereocenters. The first-order valence-electron chi connectivity index (χ1n) is 11.4. The number of amides is 1. The van der Waals surface area contributed by atoms with E-state index in [1.807, 2.05) is 37.4 Å². The monoisotopic (exact) mass is 462 g/mol. The SMILES string of the molecule is CC1c2cc(-c3nccc(Nc4ccc5c(c4)C=NC5)n3)ccc2NC1C(=O)Nc1ccnnc1. The molecule has 2 aromatic carbocycles. The zero-order chi connectivity index (χ0) is 23.8. The van der Waals surface area contributed by atoms with Crippen molar-refractivity contribution in [1.29, 1.82) is 0 Å². The maximum atomic E-state index is 12.9. The van der Waals surface area contributed by atoms with Crippen molar-refractivity contribution in [3.63, 3.8) is 0 Å². The molecule has 9 heteroatoms. The van der Waals surface area contributed by atoms with Crippen LogP contribution in [0, 0.1) is 0 Å². The average Bonchev–Trinajstić information content (AvgIpc) is 3.48. The zero-order valence-electron chi connectivity index (χ0n) is 18.9. The lowest BCUT2D eigenvalue weighted by molar-refractivity contribution is -0.117. The van der Waals surface area contributed by atoms with E-state index in [1.165, 1.54) is 11.8 Å². The number of aliphatic imine (C=N–C) groups is 1. The summed E-state index contributed by atoms with van der Waals surface area (Å²) >= 11 is 0. The molecule has 2 aliphatic heterocycles. The van der Waals surface area contributed by atoms with Gasteiger partial charge in [0.2, 0.25) is 5.91 Å². The van der Waals surface area contributed by atoms with Gasteiger partial charge in [0.15, 0.2) is 5.82 Å². The molecule has 0 fully saturated rings. The van der Waals surface area contributed by atoms with E-state index < -0.39 is 6.04 Å². The van der Waals surface area contributed by atoms with Crippen LogP contribution in [0.1, 0.15) is 29.5 Å². The molecule has 3 N–H and O–H groups in total. The maximum Gasteiger partial charge on any atom is 0.247 e. The fourth-order valence-corrected chi connectivity index (χ4v) is 4.45. The standard InChI is InChI=1S/C26H22N8O/c1-15-21-11-16(3-5-22(21)33-24(15)26(35)32-20-6-9-29-30-14-20)25-28-8-7-23(34-25)31-19-4-2-17-12-27-13-18(17)10-19/h2-11,13-15,24,33H,12H2,1H3,(H,28,31,34)(H,29,32,35). The molecule has 9 nitrogen and oxygen atoms in total. The predicted molar refractivity (Wildman–Crippen MR) is 135 cm³/mol. The van der Waals surface area contributed by atoms with Gasteiger partial charge in [0, 0.05) is 35.3 Å². The van der Waals surface area contributed by atoms with Crippen LogP contribution in [0.5, 0.6) is 0 Å². The van der Waals surface area contributed by atoms with Crippen LogP contribution >= 0.6 is 0 Å². The van der Waals surface area contributed by atoms with E-state index in [4.69, 9.17) is 4.98 Å². The second-order valence-electron chi connectivity index (χ2n) is 8.61. The van der Waals surface area contributed by atoms with Gasteiger partial charge in [-0.05, 0) is 59.2 Å². The Morgan fingerprint density at radius 1 is 1.03 bits per heavy atom. The van der Waals surface area contributed by atoms with E-state index in [2.05, 4.69) is 54.3 Å². The summed E-state index contributed by atoms with van der Waals surface area (Å²) in [7, 11) is 0. The van der Waals surface area contributed by atoms with E-state index in [1.54, 1.807) is 18.5 Å². The largest absolute Gasteiger partial charge is 0.373 e. The minimum absolute atomic E-state index is 0.0332. The van der Waals surface area contributed by atoms with Crippen molar-refractivity contribution in [3.05, 3.63) is 83.8 Å². The number of carbonyl (C=O) groups excluding carboxylic acids is 1. The summed E-state index contributed by atoms with van der Waals surface area (Å²) in [5.41, 5.74) is 6.79. The molecule has 0 aliphatic carbocycles. The topological polar surface area (TPSA) is 117 Å². The second kappa shape index (κ2) is 8.60. The maximum absolute atomic E-state index is 12.9. The number of aromatic nitrogens is 4. The molecule has 6 rings (SSSR count). The lowest BCUT2D eigenvalue weighted by atomic mass is 9.95. The Morgan fingerprint density at radius 3 is 2.86 bits per heavy atom. The van der Waals surface area contributed by atoms with Crippen LogP contribution in [-0.4, -0.2) is 38.3 Å². The van der Waals surface area contributed by atoms with Crippen molar-refractivity contribution in [1.82, 2.24) is 20.2 Å². The fraction of sp³-hybridized carbons (Fsp3) is 0.154. The van der Waals surface area contributed by atoms with E-state index in [0.717, 1.165) is 34.6 Å². The van der Waals surface area contributed by atoms with Crippen LogP contribution < -0.4 is 16.0 Å². The van der Waals surface area contributed by atoms with Gasteiger partial charge in [0.05, 0.1) is 24.6 Å². The lowest BCUT2D eigenvalue weighted by Gasteiger charge is -2.16. The van der Waals surface area contributed by atoms with Crippen LogP contribution in [0.2, 0.25) is 0 Å². The molecule has 0 radical (unpaired) electrons. The van der Waals surface area contributed by atoms with E-state index >= 15 is 0 Å². The molecule has 1 amide bonds. The van der Waals surface area contributed by atoms with Crippen LogP contribution in [0.4, 0.5) is 22.9 Å². The highest BCUT2D eigenvalue weighted by Crippen LogP contribution is 2.38. The van der Waals surface area contributed by atoms with Crippen molar-refractivity contribution in [3.8, 4) is 11.4 Å². The zero-order valence-corrected chi connectivity index (χ0v) is 18.9. The van der Waals surface area contributed by atoms with Gasteiger partial charge in [-0.3, -0.25) is 9.79 Å². The number of nitrogens with zero attached hydrogens (tertiary/aromatic N) is 5. The molecule has 4 heterocycles. The van der Waals surface area contributed by atoms with Crippen molar-refractivity contribution in [2.75, 3.05) is 16.0 Å². The number of rotatable bonds is 5. The van der Waals surface area contributed by atoms with Gasteiger partial charge in [-0.1, -0.05) is 13.0 Å². The molecule has 0 spiro atoms. The summed E-state index contributed by atoms with van der Waals surface area (Å²) in [6, 6.07) is 15.3. The summed E-state index contributed by atoms with van der Waals surface area (Å²) in [5.74, 6) is 1.17. The Kier molecular flexibility index (Phi) is 5.14. The highest BCUT2D eigenvalue weighted by atomic mass is 16.2. The molecule has 2 unspecified atom stereocenters. The number of benzene rings is 2. The van der Waals surface area contributed by atoms with E-state index in [9.17, 15) is 4.79 Å². The number of anilines is 4. The molecular formula is C26H22N8O. The average molecular weight is 463 g/mol. The molecule has 0 bridgehead atoms. The van der Waals surface area contributed by atoms with Crippen molar-refractivity contribution in [2.45, 2.75) is 25.4 Å². The van der Waals surface area contributed by atoms with Gasteiger partial charge in [-0.2, -0.15) is 10.2 Å². The van der Waals surface area contributed by atoms with Gasteiger partial charge in [-0.15, -0.1) is 0 Å². The molecule has 0 saturated carbocycles. The van der Waals surface area contributed by atoms with Crippen LogP contribution in [-0.2, 0) is 11.3 Å². The molecule has 0 saturated heterocycles. The van der Waals surface area contributed by atoms with Gasteiger partial charge < -0.3 is 16.0 Å². The summed E-state index contributed by atoms with van der Waals surface area (Å²) in [6.45, 7) is 2.77. The Balaban J connectivity index is 1.21. The van der Waals surface area contributed by atoms with Gasteiger partial charge >= 0.3 is 0 Å². The molecule has 2 aromatic heterocycles. The number of nitrogens with one attached hydrogen (secondary N) is 3. The van der Waals surface area contributed by atoms with Crippen molar-refractivity contribution in [2.24, 2.45) is 4.99 Å². The van der Waals surface area contributed by atoms with Crippen LogP contribution in [0.25, 0.3) is 11.4 Å². The highest BCUT2D eigenvalue weighted by Gasteiger charge is 2.34. The van der Waals surface area contributed by atoms with E-state index in [0.29, 0.717) is 17.3 Å². The number of fused-ring (bicyclic) bond motifs is 2.